The van der Waals surface area contributed by atoms with E-state index in [1.807, 2.05) is 11.7 Å². The molecule has 1 saturated carbocycles. The van der Waals surface area contributed by atoms with Gasteiger partial charge in [-0.2, -0.15) is 5.10 Å². The first-order valence-corrected chi connectivity index (χ1v) is 7.99. The molecule has 2 aromatic rings. The van der Waals surface area contributed by atoms with Crippen LogP contribution in [0.2, 0.25) is 0 Å². The van der Waals surface area contributed by atoms with Crippen molar-refractivity contribution in [3.8, 4) is 0 Å². The number of hydrogen-bond donors (Lipinski definition) is 1. The predicted octanol–water partition coefficient (Wildman–Crippen LogP) is 4.10. The second-order valence-corrected chi connectivity index (χ2v) is 6.50. The van der Waals surface area contributed by atoms with Crippen LogP contribution in [0, 0.1) is 0 Å². The van der Waals surface area contributed by atoms with Gasteiger partial charge in [0.2, 0.25) is 0 Å². The number of aromatic nitrogens is 2. The summed E-state index contributed by atoms with van der Waals surface area (Å²) >= 11 is 3.55. The Labute approximate surface area is 128 Å². The van der Waals surface area contributed by atoms with E-state index >= 15 is 0 Å². The molecule has 0 atom stereocenters. The van der Waals surface area contributed by atoms with Gasteiger partial charge in [0.1, 0.15) is 0 Å². The van der Waals surface area contributed by atoms with Crippen LogP contribution in [0.1, 0.15) is 36.9 Å². The lowest BCUT2D eigenvalue weighted by Gasteiger charge is -2.36. The maximum absolute atomic E-state index is 4.48. The lowest BCUT2D eigenvalue weighted by molar-refractivity contribution is 0.374. The van der Waals surface area contributed by atoms with Crippen molar-refractivity contribution in [2.75, 3.05) is 5.32 Å². The Bertz CT molecular complexity index is 600. The number of anilines is 1. The summed E-state index contributed by atoms with van der Waals surface area (Å²) in [6.07, 6.45) is 5.47. The third kappa shape index (κ3) is 2.75. The molecule has 1 aromatic heterocycles. The molecule has 0 saturated heterocycles. The average Bonchev–Trinajstić information content (AvgIpc) is 2.73. The second kappa shape index (κ2) is 5.60. The first-order chi connectivity index (χ1) is 9.65. The Hall–Kier alpha value is -1.29. The minimum atomic E-state index is 0.577. The van der Waals surface area contributed by atoms with Crippen LogP contribution < -0.4 is 5.32 Å². The standard InChI is InChI=1S/C16H20BrN3/c1-3-15-16(10-20(2)19-15)18-14-8-12(9-14)11-5-4-6-13(17)7-11/h4-7,10,12,14,18H,3,8-9H2,1-2H3. The van der Waals surface area contributed by atoms with Crippen LogP contribution in [0.5, 0.6) is 0 Å². The fraction of sp³-hybridized carbons (Fsp3) is 0.438. The summed E-state index contributed by atoms with van der Waals surface area (Å²) in [5.74, 6) is 0.687. The van der Waals surface area contributed by atoms with Crippen LogP contribution in [0.4, 0.5) is 5.69 Å². The number of rotatable bonds is 4. The molecule has 0 bridgehead atoms. The molecule has 1 fully saturated rings. The van der Waals surface area contributed by atoms with Crippen LogP contribution >= 0.6 is 15.9 Å². The molecule has 0 spiro atoms. The van der Waals surface area contributed by atoms with Gasteiger partial charge in [0.05, 0.1) is 11.4 Å². The van der Waals surface area contributed by atoms with Crippen LogP contribution in [0.3, 0.4) is 0 Å². The van der Waals surface area contributed by atoms with Crippen LogP contribution in [-0.2, 0) is 13.5 Å². The first-order valence-electron chi connectivity index (χ1n) is 7.20. The third-order valence-electron chi connectivity index (χ3n) is 4.06. The number of nitrogens with one attached hydrogen (secondary N) is 1. The molecular formula is C16H20BrN3. The highest BCUT2D eigenvalue weighted by Gasteiger charge is 2.30. The van der Waals surface area contributed by atoms with E-state index < -0.39 is 0 Å². The molecule has 0 radical (unpaired) electrons. The van der Waals surface area contributed by atoms with Crippen molar-refractivity contribution in [2.45, 2.75) is 38.1 Å². The van der Waals surface area contributed by atoms with Crippen molar-refractivity contribution in [1.82, 2.24) is 9.78 Å². The van der Waals surface area contributed by atoms with E-state index in [-0.39, 0.29) is 0 Å². The SMILES string of the molecule is CCc1nn(C)cc1NC1CC(c2cccc(Br)c2)C1. The lowest BCUT2D eigenvalue weighted by atomic mass is 9.76. The molecule has 0 unspecified atom stereocenters. The summed E-state index contributed by atoms with van der Waals surface area (Å²) < 4.78 is 3.07. The Balaban J connectivity index is 1.60. The highest BCUT2D eigenvalue weighted by atomic mass is 79.9. The minimum Gasteiger partial charge on any atom is -0.380 e. The highest BCUT2D eigenvalue weighted by molar-refractivity contribution is 9.10. The molecule has 1 aliphatic rings. The Morgan fingerprint density at radius 1 is 1.40 bits per heavy atom. The predicted molar refractivity (Wildman–Crippen MR) is 86.1 cm³/mol. The summed E-state index contributed by atoms with van der Waals surface area (Å²) in [5.41, 5.74) is 3.81. The largest absolute Gasteiger partial charge is 0.380 e. The van der Waals surface area contributed by atoms with Crippen LogP contribution in [0.25, 0.3) is 0 Å². The average molecular weight is 334 g/mol. The minimum absolute atomic E-state index is 0.577. The van der Waals surface area contributed by atoms with Gasteiger partial charge in [-0.3, -0.25) is 4.68 Å². The molecule has 1 heterocycles. The lowest BCUT2D eigenvalue weighted by Crippen LogP contribution is -2.34. The number of benzene rings is 1. The molecule has 3 nitrogen and oxygen atoms in total. The first kappa shape index (κ1) is 13.7. The Morgan fingerprint density at radius 3 is 2.90 bits per heavy atom. The molecule has 1 aliphatic carbocycles. The zero-order valence-electron chi connectivity index (χ0n) is 11.9. The molecule has 0 aliphatic heterocycles. The molecule has 4 heteroatoms. The van der Waals surface area contributed by atoms with Gasteiger partial charge in [-0.1, -0.05) is 35.0 Å². The van der Waals surface area contributed by atoms with E-state index in [1.54, 1.807) is 0 Å². The number of hydrogen-bond acceptors (Lipinski definition) is 2. The summed E-state index contributed by atoms with van der Waals surface area (Å²) in [5, 5.41) is 8.12. The van der Waals surface area contributed by atoms with Gasteiger partial charge in [-0.15, -0.1) is 0 Å². The number of nitrogens with zero attached hydrogens (tertiary/aromatic N) is 2. The molecule has 1 N–H and O–H groups in total. The van der Waals surface area contributed by atoms with Gasteiger partial charge >= 0.3 is 0 Å². The maximum atomic E-state index is 4.48. The summed E-state index contributed by atoms with van der Waals surface area (Å²) in [6, 6.07) is 9.25. The van der Waals surface area contributed by atoms with Crippen molar-refractivity contribution >= 4 is 21.6 Å². The van der Waals surface area contributed by atoms with E-state index in [1.165, 1.54) is 34.3 Å². The van der Waals surface area contributed by atoms with Crippen LogP contribution in [-0.4, -0.2) is 15.8 Å². The fourth-order valence-electron chi connectivity index (χ4n) is 2.90. The van der Waals surface area contributed by atoms with Gasteiger partial charge < -0.3 is 5.32 Å². The molecule has 106 valence electrons. The van der Waals surface area contributed by atoms with Crippen molar-refractivity contribution in [3.63, 3.8) is 0 Å². The molecule has 20 heavy (non-hydrogen) atoms. The summed E-state index contributed by atoms with van der Waals surface area (Å²) in [6.45, 7) is 2.15. The van der Waals surface area contributed by atoms with E-state index in [0.29, 0.717) is 12.0 Å². The van der Waals surface area contributed by atoms with Crippen molar-refractivity contribution in [3.05, 3.63) is 46.2 Å². The maximum Gasteiger partial charge on any atom is 0.0853 e. The van der Waals surface area contributed by atoms with Gasteiger partial charge in [0.15, 0.2) is 0 Å². The van der Waals surface area contributed by atoms with E-state index in [9.17, 15) is 0 Å². The van der Waals surface area contributed by atoms with Crippen molar-refractivity contribution < 1.29 is 0 Å². The molecule has 1 aromatic carbocycles. The van der Waals surface area contributed by atoms with Crippen molar-refractivity contribution in [1.29, 1.82) is 0 Å². The van der Waals surface area contributed by atoms with Gasteiger partial charge in [-0.25, -0.2) is 0 Å². The Kier molecular flexibility index (Phi) is 3.83. The fourth-order valence-corrected chi connectivity index (χ4v) is 3.32. The number of aryl methyl sites for hydroxylation is 2. The monoisotopic (exact) mass is 333 g/mol. The van der Waals surface area contributed by atoms with E-state index in [0.717, 1.165) is 6.42 Å². The molecule has 0 amide bonds. The smallest absolute Gasteiger partial charge is 0.0853 e. The topological polar surface area (TPSA) is 29.9 Å². The van der Waals surface area contributed by atoms with E-state index in [2.05, 4.69) is 63.7 Å². The van der Waals surface area contributed by atoms with E-state index in [4.69, 9.17) is 0 Å². The van der Waals surface area contributed by atoms with Gasteiger partial charge in [0, 0.05) is 23.8 Å². The quantitative estimate of drug-likeness (QED) is 0.912. The van der Waals surface area contributed by atoms with Crippen molar-refractivity contribution in [2.24, 2.45) is 7.05 Å². The highest BCUT2D eigenvalue weighted by Crippen LogP contribution is 2.39. The van der Waals surface area contributed by atoms with Gasteiger partial charge in [0.25, 0.3) is 0 Å². The zero-order chi connectivity index (χ0) is 14.1. The van der Waals surface area contributed by atoms with Crippen LogP contribution in [0.15, 0.2) is 34.9 Å². The Morgan fingerprint density at radius 2 is 2.20 bits per heavy atom. The zero-order valence-corrected chi connectivity index (χ0v) is 13.5. The summed E-state index contributed by atoms with van der Waals surface area (Å²) in [4.78, 5) is 0. The van der Waals surface area contributed by atoms with Gasteiger partial charge in [-0.05, 0) is 42.9 Å². The molecular weight excluding hydrogens is 314 g/mol. The molecule has 3 rings (SSSR count). The summed E-state index contributed by atoms with van der Waals surface area (Å²) in [7, 11) is 1.98. The third-order valence-corrected chi connectivity index (χ3v) is 4.55. The second-order valence-electron chi connectivity index (χ2n) is 5.58. The normalized spacial score (nSPS) is 21.6. The number of halogens is 1.